The molecule has 0 unspecified atom stereocenters. The lowest BCUT2D eigenvalue weighted by Gasteiger charge is -2.13. The number of anilines is 1. The Bertz CT molecular complexity index is 1050. The molecule has 1 aromatic carbocycles. The largest absolute Gasteiger partial charge is 0.478 e. The maximum Gasteiger partial charge on any atom is 0.337 e. The predicted octanol–water partition coefficient (Wildman–Crippen LogP) is 2.75. The van der Waals surface area contributed by atoms with Gasteiger partial charge in [-0.05, 0) is 30.3 Å². The Kier molecular flexibility index (Phi) is 5.77. The van der Waals surface area contributed by atoms with E-state index in [9.17, 15) is 18.4 Å². The SMILES string of the molecule is NC(=O)c1cnc(Cc2ccc(C(=O)O)cn2)cc1NCc1c(F)cccc1F. The van der Waals surface area contributed by atoms with Gasteiger partial charge < -0.3 is 16.2 Å². The summed E-state index contributed by atoms with van der Waals surface area (Å²) in [6.45, 7) is -0.201. The highest BCUT2D eigenvalue weighted by Crippen LogP contribution is 2.20. The molecule has 0 atom stereocenters. The van der Waals surface area contributed by atoms with Gasteiger partial charge in [0.05, 0.1) is 16.8 Å². The van der Waals surface area contributed by atoms with Gasteiger partial charge in [-0.2, -0.15) is 0 Å². The number of benzene rings is 1. The lowest BCUT2D eigenvalue weighted by atomic mass is 10.1. The molecule has 0 spiro atoms. The minimum atomic E-state index is -1.08. The van der Waals surface area contributed by atoms with Crippen LogP contribution in [0.3, 0.4) is 0 Å². The van der Waals surface area contributed by atoms with E-state index in [-0.39, 0.29) is 35.3 Å². The topological polar surface area (TPSA) is 118 Å². The van der Waals surface area contributed by atoms with E-state index < -0.39 is 23.5 Å². The van der Waals surface area contributed by atoms with Crippen molar-refractivity contribution in [1.82, 2.24) is 9.97 Å². The van der Waals surface area contributed by atoms with E-state index in [0.29, 0.717) is 11.4 Å². The van der Waals surface area contributed by atoms with E-state index in [2.05, 4.69) is 15.3 Å². The number of hydrogen-bond acceptors (Lipinski definition) is 5. The first-order chi connectivity index (χ1) is 13.8. The Hall–Kier alpha value is -3.88. The number of halogens is 2. The average Bonchev–Trinajstić information content (AvgIpc) is 2.68. The molecule has 0 aliphatic heterocycles. The lowest BCUT2D eigenvalue weighted by Crippen LogP contribution is -2.16. The van der Waals surface area contributed by atoms with Crippen molar-refractivity contribution in [2.45, 2.75) is 13.0 Å². The molecular formula is C20H16F2N4O3. The fourth-order valence-electron chi connectivity index (χ4n) is 2.66. The Balaban J connectivity index is 1.84. The van der Waals surface area contributed by atoms with Crippen LogP contribution in [0.1, 0.15) is 37.7 Å². The number of rotatable bonds is 7. The molecule has 9 heteroatoms. The fraction of sp³-hybridized carbons (Fsp3) is 0.100. The molecule has 0 aliphatic carbocycles. The summed E-state index contributed by atoms with van der Waals surface area (Å²) in [7, 11) is 0. The van der Waals surface area contributed by atoms with Crippen LogP contribution in [0, 0.1) is 11.6 Å². The maximum atomic E-state index is 13.8. The second-order valence-corrected chi connectivity index (χ2v) is 6.16. The summed E-state index contributed by atoms with van der Waals surface area (Å²) in [5, 5.41) is 11.7. The Morgan fingerprint density at radius 3 is 2.31 bits per heavy atom. The number of carboxylic acid groups (broad SMARTS) is 1. The number of nitrogens with zero attached hydrogens (tertiary/aromatic N) is 2. The van der Waals surface area contributed by atoms with E-state index >= 15 is 0 Å². The van der Waals surface area contributed by atoms with E-state index in [1.165, 1.54) is 30.6 Å². The summed E-state index contributed by atoms with van der Waals surface area (Å²) in [6, 6.07) is 8.04. The zero-order chi connectivity index (χ0) is 21.0. The van der Waals surface area contributed by atoms with Crippen LogP contribution in [-0.2, 0) is 13.0 Å². The third kappa shape index (κ3) is 4.70. The van der Waals surface area contributed by atoms with Crippen LogP contribution in [0.4, 0.5) is 14.5 Å². The smallest absolute Gasteiger partial charge is 0.337 e. The minimum absolute atomic E-state index is 0.0556. The maximum absolute atomic E-state index is 13.8. The number of amides is 1. The monoisotopic (exact) mass is 398 g/mol. The molecule has 0 aliphatic rings. The van der Waals surface area contributed by atoms with Gasteiger partial charge in [0.25, 0.3) is 5.91 Å². The molecule has 0 saturated carbocycles. The summed E-state index contributed by atoms with van der Waals surface area (Å²) in [6.07, 6.45) is 2.75. The zero-order valence-corrected chi connectivity index (χ0v) is 15.0. The zero-order valence-electron chi connectivity index (χ0n) is 15.0. The van der Waals surface area contributed by atoms with Gasteiger partial charge in [0, 0.05) is 42.3 Å². The third-order valence-corrected chi connectivity index (χ3v) is 4.18. The van der Waals surface area contributed by atoms with Crippen LogP contribution < -0.4 is 11.1 Å². The molecule has 2 heterocycles. The van der Waals surface area contributed by atoms with E-state index in [1.807, 2.05) is 0 Å². The molecule has 0 bridgehead atoms. The third-order valence-electron chi connectivity index (χ3n) is 4.18. The molecule has 0 radical (unpaired) electrons. The molecule has 4 N–H and O–H groups in total. The Morgan fingerprint density at radius 1 is 1.03 bits per heavy atom. The van der Waals surface area contributed by atoms with Gasteiger partial charge in [0.1, 0.15) is 11.6 Å². The first-order valence-electron chi connectivity index (χ1n) is 8.49. The van der Waals surface area contributed by atoms with Crippen molar-refractivity contribution in [2.24, 2.45) is 5.73 Å². The molecule has 0 saturated heterocycles. The summed E-state index contributed by atoms with van der Waals surface area (Å²) in [5.41, 5.74) is 6.64. The molecule has 2 aromatic heterocycles. The van der Waals surface area contributed by atoms with Crippen LogP contribution in [0.15, 0.2) is 48.8 Å². The van der Waals surface area contributed by atoms with Crippen molar-refractivity contribution in [3.05, 3.63) is 88.5 Å². The number of nitrogens with two attached hydrogens (primary N) is 1. The standard InChI is InChI=1S/C20H16F2N4O3/c21-16-2-1-3-17(22)14(16)9-26-18-7-13(25-10-15(18)19(23)27)6-12-5-4-11(8-24-12)20(28)29/h1-5,7-8,10H,6,9H2,(H2,23,27)(H,25,26)(H,28,29). The van der Waals surface area contributed by atoms with Gasteiger partial charge in [-0.3, -0.25) is 14.8 Å². The van der Waals surface area contributed by atoms with E-state index in [0.717, 1.165) is 12.1 Å². The molecule has 1 amide bonds. The van der Waals surface area contributed by atoms with Crippen molar-refractivity contribution >= 4 is 17.6 Å². The van der Waals surface area contributed by atoms with Gasteiger partial charge in [0.15, 0.2) is 0 Å². The molecule has 3 rings (SSSR count). The fourth-order valence-corrected chi connectivity index (χ4v) is 2.66. The number of pyridine rings is 2. The number of aromatic nitrogens is 2. The normalized spacial score (nSPS) is 10.6. The van der Waals surface area contributed by atoms with Crippen molar-refractivity contribution in [2.75, 3.05) is 5.32 Å². The summed E-state index contributed by atoms with van der Waals surface area (Å²) in [5.74, 6) is -3.26. The number of carboxylic acids is 1. The van der Waals surface area contributed by atoms with Gasteiger partial charge in [-0.25, -0.2) is 13.6 Å². The molecule has 7 nitrogen and oxygen atoms in total. The van der Waals surface area contributed by atoms with Crippen molar-refractivity contribution in [1.29, 1.82) is 0 Å². The lowest BCUT2D eigenvalue weighted by molar-refractivity contribution is 0.0696. The minimum Gasteiger partial charge on any atom is -0.478 e. The second-order valence-electron chi connectivity index (χ2n) is 6.16. The van der Waals surface area contributed by atoms with Gasteiger partial charge in [-0.1, -0.05) is 6.07 Å². The molecule has 0 fully saturated rings. The number of carbonyl (C=O) groups is 2. The highest BCUT2D eigenvalue weighted by atomic mass is 19.1. The highest BCUT2D eigenvalue weighted by molar-refractivity contribution is 5.98. The van der Waals surface area contributed by atoms with Gasteiger partial charge in [-0.15, -0.1) is 0 Å². The summed E-state index contributed by atoms with van der Waals surface area (Å²) >= 11 is 0. The number of hydrogen-bond donors (Lipinski definition) is 3. The number of carbonyl (C=O) groups excluding carboxylic acids is 1. The number of primary amides is 1. The average molecular weight is 398 g/mol. The van der Waals surface area contributed by atoms with Crippen molar-refractivity contribution in [3.63, 3.8) is 0 Å². The first-order valence-corrected chi connectivity index (χ1v) is 8.49. The first kappa shape index (κ1) is 19.9. The Morgan fingerprint density at radius 2 is 1.72 bits per heavy atom. The number of nitrogens with one attached hydrogen (secondary N) is 1. The summed E-state index contributed by atoms with van der Waals surface area (Å²) < 4.78 is 27.7. The summed E-state index contributed by atoms with van der Waals surface area (Å²) in [4.78, 5) is 30.8. The molecular weight excluding hydrogens is 382 g/mol. The second kappa shape index (κ2) is 8.42. The van der Waals surface area contributed by atoms with Crippen LogP contribution in [-0.4, -0.2) is 27.0 Å². The van der Waals surface area contributed by atoms with Crippen LogP contribution >= 0.6 is 0 Å². The van der Waals surface area contributed by atoms with Gasteiger partial charge in [0.2, 0.25) is 0 Å². The molecule has 29 heavy (non-hydrogen) atoms. The quantitative estimate of drug-likeness (QED) is 0.563. The van der Waals surface area contributed by atoms with E-state index in [1.54, 1.807) is 6.07 Å². The van der Waals surface area contributed by atoms with Crippen molar-refractivity contribution in [3.8, 4) is 0 Å². The van der Waals surface area contributed by atoms with Crippen LogP contribution in [0.5, 0.6) is 0 Å². The Labute approximate surface area is 164 Å². The number of aromatic carboxylic acids is 1. The van der Waals surface area contributed by atoms with Crippen molar-refractivity contribution < 1.29 is 23.5 Å². The van der Waals surface area contributed by atoms with Crippen LogP contribution in [0.25, 0.3) is 0 Å². The van der Waals surface area contributed by atoms with E-state index in [4.69, 9.17) is 10.8 Å². The highest BCUT2D eigenvalue weighted by Gasteiger charge is 2.14. The molecule has 148 valence electrons. The van der Waals surface area contributed by atoms with Crippen LogP contribution in [0.2, 0.25) is 0 Å². The van der Waals surface area contributed by atoms with Gasteiger partial charge >= 0.3 is 5.97 Å². The predicted molar refractivity (Wildman–Crippen MR) is 100 cm³/mol. The molecule has 3 aromatic rings.